The molecule has 0 aliphatic carbocycles. The average molecular weight is 489 g/mol. The molecule has 0 spiro atoms. The molecule has 0 amide bonds. The first-order valence-electron chi connectivity index (χ1n) is 12.2. The molecule has 1 aromatic heterocycles. The normalized spacial score (nSPS) is 11.2. The maximum atomic E-state index is 13.1. The van der Waals surface area contributed by atoms with E-state index in [1.54, 1.807) is 4.68 Å². The van der Waals surface area contributed by atoms with E-state index in [4.69, 9.17) is 9.84 Å². The smallest absolute Gasteiger partial charge is 0.356 e. The highest BCUT2D eigenvalue weighted by atomic mass is 28.3. The molecule has 178 valence electrons. The molecule has 36 heavy (non-hydrogen) atoms. The first-order chi connectivity index (χ1) is 17.7. The topological polar surface area (TPSA) is 44.1 Å². The highest BCUT2D eigenvalue weighted by molar-refractivity contribution is 7.19. The number of carbonyl (C=O) groups is 1. The maximum absolute atomic E-state index is 13.1. The van der Waals surface area contributed by atoms with Crippen molar-refractivity contribution in [2.45, 2.75) is 13.5 Å². The largest absolute Gasteiger partial charge is 0.461 e. The molecule has 4 nitrogen and oxygen atoms in total. The van der Waals surface area contributed by atoms with Gasteiger partial charge in [0.1, 0.15) is 5.69 Å². The fourth-order valence-electron chi connectivity index (χ4n) is 4.85. The van der Waals surface area contributed by atoms with Gasteiger partial charge in [-0.2, -0.15) is 5.10 Å². The van der Waals surface area contributed by atoms with E-state index >= 15 is 0 Å². The van der Waals surface area contributed by atoms with Gasteiger partial charge < -0.3 is 4.74 Å². The fourth-order valence-corrected chi connectivity index (χ4v) is 9.44. The summed E-state index contributed by atoms with van der Waals surface area (Å²) >= 11 is 0. The summed E-state index contributed by atoms with van der Waals surface area (Å²) in [5.74, 6) is -0.357. The van der Waals surface area contributed by atoms with Crippen LogP contribution in [0.5, 0.6) is 0 Å². The van der Waals surface area contributed by atoms with E-state index in [0.29, 0.717) is 18.8 Å². The standard InChI is InChI=1S/C31H28N2O2Si/c1-2-35-31(34)29-23-30(32-33(29)24-25-15-7-3-8-16-25)36(26-17-9-4-10-18-26,27-19-11-5-12-20-27)28-21-13-6-14-22-28/h3-23H,2,24H2,1H3. The van der Waals surface area contributed by atoms with Crippen molar-refractivity contribution in [3.8, 4) is 0 Å². The second kappa shape index (κ2) is 10.6. The van der Waals surface area contributed by atoms with Crippen LogP contribution in [0.2, 0.25) is 0 Å². The summed E-state index contributed by atoms with van der Waals surface area (Å²) in [4.78, 5) is 13.1. The van der Waals surface area contributed by atoms with Gasteiger partial charge in [-0.3, -0.25) is 4.68 Å². The molecule has 0 atom stereocenters. The molecular formula is C31H28N2O2Si. The molecule has 4 aromatic carbocycles. The zero-order valence-electron chi connectivity index (χ0n) is 20.2. The zero-order valence-corrected chi connectivity index (χ0v) is 21.2. The molecule has 0 unspecified atom stereocenters. The molecule has 0 radical (unpaired) electrons. The Morgan fingerprint density at radius 1 is 0.722 bits per heavy atom. The van der Waals surface area contributed by atoms with Crippen molar-refractivity contribution >= 4 is 34.9 Å². The van der Waals surface area contributed by atoms with Crippen molar-refractivity contribution in [3.05, 3.63) is 139 Å². The summed E-state index contributed by atoms with van der Waals surface area (Å²) < 4.78 is 7.27. The van der Waals surface area contributed by atoms with Gasteiger partial charge in [-0.05, 0) is 34.1 Å². The molecule has 0 saturated carbocycles. The highest BCUT2D eigenvalue weighted by Crippen LogP contribution is 2.13. The summed E-state index contributed by atoms with van der Waals surface area (Å²) in [7, 11) is -2.84. The van der Waals surface area contributed by atoms with Gasteiger partial charge in [-0.15, -0.1) is 0 Å². The summed E-state index contributed by atoms with van der Waals surface area (Å²) in [5, 5.41) is 9.73. The minimum Gasteiger partial charge on any atom is -0.461 e. The Hall–Kier alpha value is -4.22. The molecule has 0 N–H and O–H groups in total. The van der Waals surface area contributed by atoms with Crippen molar-refractivity contribution in [1.82, 2.24) is 9.78 Å². The van der Waals surface area contributed by atoms with Gasteiger partial charge in [0.15, 0.2) is 0 Å². The van der Waals surface area contributed by atoms with Crippen LogP contribution in [-0.4, -0.2) is 30.4 Å². The number of hydrogen-bond donors (Lipinski definition) is 0. The SMILES string of the molecule is CCOC(=O)c1cc([Si](c2ccccc2)(c2ccccc2)c2ccccc2)nn1Cc1ccccc1. The number of benzene rings is 4. The van der Waals surface area contributed by atoms with Gasteiger partial charge in [0, 0.05) is 0 Å². The van der Waals surface area contributed by atoms with E-state index in [9.17, 15) is 4.79 Å². The molecule has 5 aromatic rings. The number of esters is 1. The number of nitrogens with zero attached hydrogens (tertiary/aromatic N) is 2. The van der Waals surface area contributed by atoms with Gasteiger partial charge >= 0.3 is 5.97 Å². The van der Waals surface area contributed by atoms with Gasteiger partial charge in [-0.1, -0.05) is 121 Å². The van der Waals surface area contributed by atoms with Crippen molar-refractivity contribution in [3.63, 3.8) is 0 Å². The predicted molar refractivity (Wildman–Crippen MR) is 147 cm³/mol. The second-order valence-corrected chi connectivity index (χ2v) is 12.4. The monoisotopic (exact) mass is 488 g/mol. The van der Waals surface area contributed by atoms with Crippen LogP contribution in [0.4, 0.5) is 0 Å². The van der Waals surface area contributed by atoms with Gasteiger partial charge in [0.2, 0.25) is 8.07 Å². The molecule has 0 bridgehead atoms. The number of rotatable bonds is 8. The zero-order chi connectivity index (χ0) is 24.8. The second-order valence-electron chi connectivity index (χ2n) is 8.63. The molecular weight excluding hydrogens is 460 g/mol. The van der Waals surface area contributed by atoms with Crippen molar-refractivity contribution < 1.29 is 9.53 Å². The molecule has 0 aliphatic rings. The van der Waals surface area contributed by atoms with E-state index in [2.05, 4.69) is 72.8 Å². The van der Waals surface area contributed by atoms with Crippen LogP contribution in [-0.2, 0) is 11.3 Å². The van der Waals surface area contributed by atoms with Crippen molar-refractivity contribution in [1.29, 1.82) is 0 Å². The lowest BCUT2D eigenvalue weighted by atomic mass is 10.2. The Bertz CT molecular complexity index is 1320. The van der Waals surface area contributed by atoms with Crippen molar-refractivity contribution in [2.75, 3.05) is 6.61 Å². The molecule has 0 saturated heterocycles. The third-order valence-electron chi connectivity index (χ3n) is 6.44. The average Bonchev–Trinajstić information content (AvgIpc) is 3.35. The van der Waals surface area contributed by atoms with Crippen LogP contribution in [0.25, 0.3) is 0 Å². The van der Waals surface area contributed by atoms with E-state index in [-0.39, 0.29) is 5.97 Å². The number of hydrogen-bond acceptors (Lipinski definition) is 3. The lowest BCUT2D eigenvalue weighted by Gasteiger charge is -2.32. The minimum atomic E-state index is -2.84. The van der Waals surface area contributed by atoms with E-state index in [1.165, 1.54) is 15.6 Å². The Morgan fingerprint density at radius 2 is 1.17 bits per heavy atom. The van der Waals surface area contributed by atoms with Crippen LogP contribution in [0, 0.1) is 0 Å². The summed E-state index contributed by atoms with van der Waals surface area (Å²) in [6.45, 7) is 2.62. The Balaban J connectivity index is 1.81. The lowest BCUT2D eigenvalue weighted by Crippen LogP contribution is -2.75. The summed E-state index contributed by atoms with van der Waals surface area (Å²) in [6, 6.07) is 43.8. The summed E-state index contributed by atoms with van der Waals surface area (Å²) in [6.07, 6.45) is 0. The van der Waals surface area contributed by atoms with Gasteiger partial charge in [0.25, 0.3) is 0 Å². The predicted octanol–water partition coefficient (Wildman–Crippen LogP) is 3.49. The summed E-state index contributed by atoms with van der Waals surface area (Å²) in [5.41, 5.74) is 1.54. The number of ether oxygens (including phenoxy) is 1. The lowest BCUT2D eigenvalue weighted by molar-refractivity contribution is 0.0512. The van der Waals surface area contributed by atoms with Gasteiger partial charge in [-0.25, -0.2) is 4.79 Å². The quantitative estimate of drug-likeness (QED) is 0.191. The molecule has 5 rings (SSSR count). The number of carbonyl (C=O) groups excluding carboxylic acids is 1. The van der Waals surface area contributed by atoms with Crippen LogP contribution in [0.1, 0.15) is 23.0 Å². The first kappa shape index (κ1) is 23.5. The maximum Gasteiger partial charge on any atom is 0.356 e. The van der Waals surface area contributed by atoms with Crippen LogP contribution < -0.4 is 20.9 Å². The van der Waals surface area contributed by atoms with Crippen LogP contribution in [0.3, 0.4) is 0 Å². The molecule has 0 aliphatic heterocycles. The molecule has 5 heteroatoms. The number of aromatic nitrogens is 2. The molecule has 1 heterocycles. The fraction of sp³-hybridized carbons (Fsp3) is 0.0968. The van der Waals surface area contributed by atoms with Crippen LogP contribution >= 0.6 is 0 Å². The highest BCUT2D eigenvalue weighted by Gasteiger charge is 2.44. The van der Waals surface area contributed by atoms with Crippen molar-refractivity contribution in [2.24, 2.45) is 0 Å². The Kier molecular flexibility index (Phi) is 6.91. The van der Waals surface area contributed by atoms with Gasteiger partial charge in [0.05, 0.1) is 18.5 Å². The molecule has 0 fully saturated rings. The Morgan fingerprint density at radius 3 is 1.61 bits per heavy atom. The first-order valence-corrected chi connectivity index (χ1v) is 14.2. The minimum absolute atomic E-state index is 0.309. The van der Waals surface area contributed by atoms with E-state index < -0.39 is 8.07 Å². The van der Waals surface area contributed by atoms with E-state index in [1.807, 2.05) is 61.5 Å². The van der Waals surface area contributed by atoms with E-state index in [0.717, 1.165) is 10.9 Å². The van der Waals surface area contributed by atoms with Crippen LogP contribution in [0.15, 0.2) is 127 Å². The third-order valence-corrected chi connectivity index (χ3v) is 11.1. The Labute approximate surface area is 212 Å². The third kappa shape index (κ3) is 4.41.